The first kappa shape index (κ1) is 22.0. The summed E-state index contributed by atoms with van der Waals surface area (Å²) in [5, 5.41) is 6.25. The molecule has 3 N–H and O–H groups in total. The first-order valence-electron chi connectivity index (χ1n) is 9.61. The van der Waals surface area contributed by atoms with Gasteiger partial charge in [-0.3, -0.25) is 4.99 Å². The Kier molecular flexibility index (Phi) is 7.22. The van der Waals surface area contributed by atoms with Crippen molar-refractivity contribution in [2.75, 3.05) is 38.1 Å². The van der Waals surface area contributed by atoms with Gasteiger partial charge >= 0.3 is 0 Å². The summed E-state index contributed by atoms with van der Waals surface area (Å²) in [6, 6.07) is 11.9. The van der Waals surface area contributed by atoms with E-state index in [4.69, 9.17) is 0 Å². The van der Waals surface area contributed by atoms with Gasteiger partial charge in [0.05, 0.1) is 4.90 Å². The quantitative estimate of drug-likeness (QED) is 0.349. The van der Waals surface area contributed by atoms with Crippen LogP contribution in [0.5, 0.6) is 0 Å². The summed E-state index contributed by atoms with van der Waals surface area (Å²) in [5.74, 6) is -0.664. The second-order valence-electron chi connectivity index (χ2n) is 6.86. The largest absolute Gasteiger partial charge is 0.365 e. The molecule has 1 saturated heterocycles. The van der Waals surface area contributed by atoms with Crippen molar-refractivity contribution >= 4 is 21.7 Å². The summed E-state index contributed by atoms with van der Waals surface area (Å²) in [5.41, 5.74) is -0.0138. The normalized spacial score (nSPS) is 17.2. The molecule has 162 valence electrons. The predicted octanol–water partition coefficient (Wildman–Crippen LogP) is 1.69. The molecular formula is C20H25F2N5O2S. The van der Waals surface area contributed by atoms with Crippen molar-refractivity contribution in [2.24, 2.45) is 4.99 Å². The van der Waals surface area contributed by atoms with Crippen LogP contribution in [0.1, 0.15) is 6.42 Å². The summed E-state index contributed by atoms with van der Waals surface area (Å²) in [6.45, 7) is 1.45. The highest BCUT2D eigenvalue weighted by atomic mass is 32.2. The average Bonchev–Trinajstić information content (AvgIpc) is 3.19. The summed E-state index contributed by atoms with van der Waals surface area (Å²) in [6.07, 6.45) is 0.690. The number of nitrogens with zero attached hydrogens (tertiary/aromatic N) is 2. The zero-order valence-corrected chi connectivity index (χ0v) is 17.4. The number of guanidine groups is 1. The molecule has 1 fully saturated rings. The van der Waals surface area contributed by atoms with E-state index in [0.29, 0.717) is 32.0 Å². The van der Waals surface area contributed by atoms with Crippen LogP contribution < -0.4 is 20.3 Å². The van der Waals surface area contributed by atoms with Gasteiger partial charge in [0.15, 0.2) is 5.96 Å². The maximum Gasteiger partial charge on any atom is 0.240 e. The smallest absolute Gasteiger partial charge is 0.240 e. The number of halogens is 2. The molecule has 1 aliphatic heterocycles. The molecule has 1 atom stereocenters. The van der Waals surface area contributed by atoms with Crippen LogP contribution in [0.4, 0.5) is 14.5 Å². The number of anilines is 1. The molecule has 0 bridgehead atoms. The highest BCUT2D eigenvalue weighted by molar-refractivity contribution is 7.89. The number of hydrogen-bond donors (Lipinski definition) is 3. The van der Waals surface area contributed by atoms with Crippen LogP contribution >= 0.6 is 0 Å². The number of rotatable bonds is 7. The van der Waals surface area contributed by atoms with Crippen LogP contribution in [0.2, 0.25) is 0 Å². The van der Waals surface area contributed by atoms with Crippen LogP contribution in [0, 0.1) is 11.6 Å². The summed E-state index contributed by atoms with van der Waals surface area (Å²) < 4.78 is 54.9. The zero-order valence-electron chi connectivity index (χ0n) is 16.6. The fraction of sp³-hybridized carbons (Fsp3) is 0.350. The lowest BCUT2D eigenvalue weighted by molar-refractivity contribution is 0.574. The number of para-hydroxylation sites is 1. The lowest BCUT2D eigenvalue weighted by atomic mass is 10.2. The summed E-state index contributed by atoms with van der Waals surface area (Å²) >= 11 is 0. The number of aliphatic imine (C=N–C) groups is 1. The molecule has 0 spiro atoms. The Labute approximate surface area is 175 Å². The van der Waals surface area contributed by atoms with Crippen molar-refractivity contribution in [3.05, 3.63) is 60.2 Å². The molecule has 1 aliphatic rings. The van der Waals surface area contributed by atoms with Gasteiger partial charge in [-0.15, -0.1) is 0 Å². The minimum Gasteiger partial charge on any atom is -0.365 e. The molecule has 0 amide bonds. The SMILES string of the molecule is CN=C(NCCNS(=O)(=O)c1ccccc1)NC1CCN(c2c(F)cccc2F)C1. The number of nitrogens with one attached hydrogen (secondary N) is 3. The third-order valence-corrected chi connectivity index (χ3v) is 6.25. The Bertz CT molecular complexity index is 966. The molecule has 0 aromatic heterocycles. The maximum absolute atomic E-state index is 14.0. The molecule has 1 heterocycles. The molecule has 0 saturated carbocycles. The van der Waals surface area contributed by atoms with Crippen molar-refractivity contribution < 1.29 is 17.2 Å². The second kappa shape index (κ2) is 9.86. The van der Waals surface area contributed by atoms with Crippen LogP contribution in [-0.2, 0) is 10.0 Å². The molecule has 1 unspecified atom stereocenters. The second-order valence-corrected chi connectivity index (χ2v) is 8.62. The Morgan fingerprint density at radius 2 is 1.80 bits per heavy atom. The molecule has 2 aromatic carbocycles. The topological polar surface area (TPSA) is 85.8 Å². The van der Waals surface area contributed by atoms with Crippen molar-refractivity contribution in [3.8, 4) is 0 Å². The number of hydrogen-bond acceptors (Lipinski definition) is 4. The third-order valence-electron chi connectivity index (χ3n) is 4.77. The molecule has 10 heteroatoms. The molecule has 2 aromatic rings. The fourth-order valence-electron chi connectivity index (χ4n) is 3.31. The summed E-state index contributed by atoms with van der Waals surface area (Å²) in [4.78, 5) is 6.00. The van der Waals surface area contributed by atoms with Crippen LogP contribution in [-0.4, -0.2) is 53.6 Å². The summed E-state index contributed by atoms with van der Waals surface area (Å²) in [7, 11) is -1.96. The van der Waals surface area contributed by atoms with E-state index in [2.05, 4.69) is 20.3 Å². The Hall–Kier alpha value is -2.72. The lowest BCUT2D eigenvalue weighted by Crippen LogP contribution is -2.46. The van der Waals surface area contributed by atoms with Crippen molar-refractivity contribution in [3.63, 3.8) is 0 Å². The molecule has 30 heavy (non-hydrogen) atoms. The van der Waals surface area contributed by atoms with Crippen LogP contribution in [0.15, 0.2) is 58.4 Å². The fourth-order valence-corrected chi connectivity index (χ4v) is 4.36. The van der Waals surface area contributed by atoms with Gasteiger partial charge in [-0.05, 0) is 30.7 Å². The predicted molar refractivity (Wildman–Crippen MR) is 113 cm³/mol. The first-order chi connectivity index (χ1) is 14.4. The van der Waals surface area contributed by atoms with E-state index in [-0.39, 0.29) is 23.2 Å². The van der Waals surface area contributed by atoms with Gasteiger partial charge in [-0.1, -0.05) is 24.3 Å². The number of sulfonamides is 1. The monoisotopic (exact) mass is 437 g/mol. The standard InChI is InChI=1S/C20H25F2N5O2S/c1-23-20(24-11-12-25-30(28,29)16-6-3-2-4-7-16)26-15-10-13-27(14-15)19-17(21)8-5-9-18(19)22/h2-9,15,25H,10-14H2,1H3,(H2,23,24,26). The van der Waals surface area contributed by atoms with E-state index >= 15 is 0 Å². The third kappa shape index (κ3) is 5.45. The average molecular weight is 438 g/mol. The van der Waals surface area contributed by atoms with Gasteiger partial charge in [0.25, 0.3) is 0 Å². The molecule has 3 rings (SSSR count). The highest BCUT2D eigenvalue weighted by Crippen LogP contribution is 2.26. The zero-order chi connectivity index (χ0) is 21.6. The van der Waals surface area contributed by atoms with E-state index in [0.717, 1.165) is 0 Å². The highest BCUT2D eigenvalue weighted by Gasteiger charge is 2.27. The van der Waals surface area contributed by atoms with Crippen molar-refractivity contribution in [2.45, 2.75) is 17.4 Å². The minimum absolute atomic E-state index is 0.0138. The molecular weight excluding hydrogens is 412 g/mol. The molecule has 0 aliphatic carbocycles. The van der Waals surface area contributed by atoms with E-state index in [1.165, 1.54) is 30.3 Å². The first-order valence-corrected chi connectivity index (χ1v) is 11.1. The van der Waals surface area contributed by atoms with Gasteiger partial charge in [0.1, 0.15) is 17.3 Å². The molecule has 7 nitrogen and oxygen atoms in total. The van der Waals surface area contributed by atoms with E-state index < -0.39 is 21.7 Å². The van der Waals surface area contributed by atoms with Crippen LogP contribution in [0.3, 0.4) is 0 Å². The Balaban J connectivity index is 1.46. The van der Waals surface area contributed by atoms with E-state index in [1.807, 2.05) is 0 Å². The van der Waals surface area contributed by atoms with Gasteiger partial charge in [-0.25, -0.2) is 21.9 Å². The van der Waals surface area contributed by atoms with Gasteiger partial charge in [0.2, 0.25) is 10.0 Å². The molecule has 0 radical (unpaired) electrons. The lowest BCUT2D eigenvalue weighted by Gasteiger charge is -2.21. The van der Waals surface area contributed by atoms with Crippen LogP contribution in [0.25, 0.3) is 0 Å². The Morgan fingerprint density at radius 1 is 1.10 bits per heavy atom. The number of benzene rings is 2. The van der Waals surface area contributed by atoms with Crippen molar-refractivity contribution in [1.29, 1.82) is 0 Å². The maximum atomic E-state index is 14.0. The van der Waals surface area contributed by atoms with Gasteiger partial charge in [-0.2, -0.15) is 0 Å². The van der Waals surface area contributed by atoms with Gasteiger partial charge in [0, 0.05) is 39.3 Å². The van der Waals surface area contributed by atoms with E-state index in [1.54, 1.807) is 30.1 Å². The van der Waals surface area contributed by atoms with Crippen molar-refractivity contribution in [1.82, 2.24) is 15.4 Å². The van der Waals surface area contributed by atoms with E-state index in [9.17, 15) is 17.2 Å². The Morgan fingerprint density at radius 3 is 2.47 bits per heavy atom. The minimum atomic E-state index is -3.56. The van der Waals surface area contributed by atoms with Gasteiger partial charge < -0.3 is 15.5 Å².